The molecule has 0 N–H and O–H groups in total. The number of benzene rings is 9. The van der Waals surface area contributed by atoms with Gasteiger partial charge >= 0.3 is 0 Å². The van der Waals surface area contributed by atoms with Gasteiger partial charge in [0.2, 0.25) is 0 Å². The minimum atomic E-state index is 0.507. The highest BCUT2D eigenvalue weighted by molar-refractivity contribution is 6.13. The molecule has 0 saturated heterocycles. The van der Waals surface area contributed by atoms with E-state index in [4.69, 9.17) is 4.98 Å². The molecule has 330 valence electrons. The summed E-state index contributed by atoms with van der Waals surface area (Å²) in [5, 5.41) is 54.5. The molecule has 12 aromatic rings. The molecule has 0 aliphatic heterocycles. The topological polar surface area (TPSA) is 142 Å². The number of nitriles is 5. The molecule has 0 fully saturated rings. The van der Waals surface area contributed by atoms with E-state index in [9.17, 15) is 26.3 Å². The molecule has 3 heterocycles. The molecule has 0 bridgehead atoms. The highest BCUT2D eigenvalue weighted by Crippen LogP contribution is 2.43. The smallest absolute Gasteiger partial charge is 0.138 e. The molecule has 9 aromatic carbocycles. The first-order valence-corrected chi connectivity index (χ1v) is 23.1. The maximum atomic E-state index is 10.2. The Hall–Kier alpha value is -10.8. The average Bonchev–Trinajstić information content (AvgIpc) is 3.95. The second-order valence-corrected chi connectivity index (χ2v) is 17.5. The molecule has 72 heavy (non-hydrogen) atoms. The summed E-state index contributed by atoms with van der Waals surface area (Å²) in [7, 11) is 0. The average molecular weight is 915 g/mol. The molecule has 0 atom stereocenters. The van der Waals surface area contributed by atoms with E-state index in [0.717, 1.165) is 105 Å². The Labute approximate surface area is 413 Å². The van der Waals surface area contributed by atoms with Crippen LogP contribution in [0, 0.1) is 56.7 Å². The van der Waals surface area contributed by atoms with Crippen LogP contribution in [0.4, 0.5) is 0 Å². The number of pyridine rings is 1. The van der Waals surface area contributed by atoms with Crippen molar-refractivity contribution in [3.05, 3.63) is 234 Å². The lowest BCUT2D eigenvalue weighted by Gasteiger charge is -2.17. The molecule has 8 heteroatoms. The van der Waals surface area contributed by atoms with E-state index in [0.29, 0.717) is 33.6 Å². The van der Waals surface area contributed by atoms with Crippen molar-refractivity contribution in [1.82, 2.24) is 14.1 Å². The number of rotatable bonds is 7. The van der Waals surface area contributed by atoms with Gasteiger partial charge < -0.3 is 4.57 Å². The van der Waals surface area contributed by atoms with Gasteiger partial charge in [0, 0.05) is 27.1 Å². The van der Waals surface area contributed by atoms with Crippen molar-refractivity contribution in [2.45, 2.75) is 0 Å². The molecular formula is C64H34N8. The second kappa shape index (κ2) is 17.4. The lowest BCUT2D eigenvalue weighted by Crippen LogP contribution is -2.03. The van der Waals surface area contributed by atoms with Gasteiger partial charge in [-0.05, 0) is 141 Å². The maximum absolute atomic E-state index is 10.2. The highest BCUT2D eigenvalue weighted by Gasteiger charge is 2.23. The van der Waals surface area contributed by atoms with Crippen LogP contribution < -0.4 is 0 Å². The fourth-order valence-electron chi connectivity index (χ4n) is 10.3. The fourth-order valence-corrected chi connectivity index (χ4v) is 10.3. The molecule has 12 rings (SSSR count). The summed E-state index contributed by atoms with van der Waals surface area (Å²) in [6.45, 7) is 0. The summed E-state index contributed by atoms with van der Waals surface area (Å²) in [6.07, 6.45) is 1.90. The summed E-state index contributed by atoms with van der Waals surface area (Å²) in [4.78, 5) is 5.33. The van der Waals surface area contributed by atoms with Crippen LogP contribution >= 0.6 is 0 Å². The van der Waals surface area contributed by atoms with E-state index >= 15 is 0 Å². The normalized spacial score (nSPS) is 11.0. The fraction of sp³-hybridized carbons (Fsp3) is 0. The maximum Gasteiger partial charge on any atom is 0.138 e. The third-order valence-electron chi connectivity index (χ3n) is 13.6. The number of nitrogens with zero attached hydrogens (tertiary/aromatic N) is 8. The molecule has 0 aliphatic carbocycles. The molecule has 8 nitrogen and oxygen atoms in total. The highest BCUT2D eigenvalue weighted by atomic mass is 15.1. The van der Waals surface area contributed by atoms with Gasteiger partial charge in [-0.2, -0.15) is 26.3 Å². The second-order valence-electron chi connectivity index (χ2n) is 17.5. The van der Waals surface area contributed by atoms with Gasteiger partial charge in [0.25, 0.3) is 0 Å². The standard InChI is InChI=1S/C64H34N8/c65-34-40-10-9-15-41(28-40)54-33-64(72-61-26-22-44(52-18-7-3-13-48(52)37-68)31-57(61)58-32-45(23-27-62(58)72)53-19-8-4-14-49(53)38-69)70-39-63(54)71-59-24-20-42(50-16-5-1-11-46(50)35-66)29-55(59)56-30-43(21-25-60(56)71)51-17-6-2-12-47(51)36-67/h1-33,39H. The Bertz CT molecular complexity index is 4250. The zero-order valence-electron chi connectivity index (χ0n) is 38.2. The van der Waals surface area contributed by atoms with Crippen LogP contribution in [0.1, 0.15) is 27.8 Å². The zero-order valence-corrected chi connectivity index (χ0v) is 38.2. The first kappa shape index (κ1) is 42.5. The van der Waals surface area contributed by atoms with Gasteiger partial charge in [0.05, 0.1) is 92.1 Å². The number of aromatic nitrogens is 3. The molecule has 0 spiro atoms. The van der Waals surface area contributed by atoms with E-state index in [-0.39, 0.29) is 0 Å². The van der Waals surface area contributed by atoms with Crippen molar-refractivity contribution >= 4 is 43.6 Å². The first-order valence-electron chi connectivity index (χ1n) is 23.1. The van der Waals surface area contributed by atoms with E-state index in [1.54, 1.807) is 6.07 Å². The van der Waals surface area contributed by atoms with E-state index in [2.05, 4.69) is 94.1 Å². The van der Waals surface area contributed by atoms with Crippen molar-refractivity contribution in [3.63, 3.8) is 0 Å². The molecule has 0 saturated carbocycles. The lowest BCUT2D eigenvalue weighted by molar-refractivity contribution is 1.06. The van der Waals surface area contributed by atoms with Crippen molar-refractivity contribution in [2.75, 3.05) is 0 Å². The van der Waals surface area contributed by atoms with Gasteiger partial charge in [-0.25, -0.2) is 4.98 Å². The van der Waals surface area contributed by atoms with Crippen LogP contribution in [0.15, 0.2) is 206 Å². The van der Waals surface area contributed by atoms with E-state index in [1.807, 2.05) is 146 Å². The summed E-state index contributed by atoms with van der Waals surface area (Å²) < 4.78 is 4.36. The molecular weight excluding hydrogens is 881 g/mol. The van der Waals surface area contributed by atoms with E-state index < -0.39 is 0 Å². The van der Waals surface area contributed by atoms with Crippen LogP contribution in [0.2, 0.25) is 0 Å². The monoisotopic (exact) mass is 914 g/mol. The number of hydrogen-bond acceptors (Lipinski definition) is 6. The SMILES string of the molecule is N#Cc1cccc(-c2cc(-n3c4ccc(-c5ccccc5C#N)cc4c4cc(-c5ccccc5C#N)ccc43)ncc2-n2c3ccc(-c4ccccc4C#N)cc3c3cc(-c4ccccc4C#N)ccc32)c1. The minimum absolute atomic E-state index is 0.507. The minimum Gasteiger partial charge on any atom is -0.307 e. The third kappa shape index (κ3) is 6.92. The van der Waals surface area contributed by atoms with Crippen LogP contribution in [-0.2, 0) is 0 Å². The zero-order chi connectivity index (χ0) is 48.9. The van der Waals surface area contributed by atoms with E-state index in [1.165, 1.54) is 0 Å². The Morgan fingerprint density at radius 3 is 1.04 bits per heavy atom. The van der Waals surface area contributed by atoms with Crippen molar-refractivity contribution in [3.8, 4) is 97.5 Å². The third-order valence-corrected chi connectivity index (χ3v) is 13.6. The van der Waals surface area contributed by atoms with Gasteiger partial charge in [-0.15, -0.1) is 0 Å². The Morgan fingerprint density at radius 2 is 0.667 bits per heavy atom. The lowest BCUT2D eigenvalue weighted by atomic mass is 9.96. The van der Waals surface area contributed by atoms with Gasteiger partial charge in [0.15, 0.2) is 0 Å². The van der Waals surface area contributed by atoms with Crippen LogP contribution in [0.25, 0.3) is 111 Å². The molecule has 0 unspecified atom stereocenters. The Kier molecular flexibility index (Phi) is 10.3. The predicted octanol–water partition coefficient (Wildman–Crippen LogP) is 15.0. The van der Waals surface area contributed by atoms with Crippen molar-refractivity contribution in [2.24, 2.45) is 0 Å². The van der Waals surface area contributed by atoms with Crippen molar-refractivity contribution in [1.29, 1.82) is 26.3 Å². The molecule has 0 aliphatic rings. The van der Waals surface area contributed by atoms with Gasteiger partial charge in [-0.3, -0.25) is 4.57 Å². The summed E-state index contributed by atoms with van der Waals surface area (Å²) in [6, 6.07) is 76.8. The molecule has 0 amide bonds. The van der Waals surface area contributed by atoms with Gasteiger partial charge in [-0.1, -0.05) is 109 Å². The Morgan fingerprint density at radius 1 is 0.306 bits per heavy atom. The number of hydrogen-bond donors (Lipinski definition) is 0. The van der Waals surface area contributed by atoms with Crippen LogP contribution in [0.3, 0.4) is 0 Å². The molecule has 3 aromatic heterocycles. The quantitative estimate of drug-likeness (QED) is 0.156. The summed E-state index contributed by atoms with van der Waals surface area (Å²) in [5.74, 6) is 0.637. The summed E-state index contributed by atoms with van der Waals surface area (Å²) >= 11 is 0. The molecule has 0 radical (unpaired) electrons. The Balaban J connectivity index is 1.14. The van der Waals surface area contributed by atoms with Gasteiger partial charge in [0.1, 0.15) is 5.82 Å². The predicted molar refractivity (Wildman–Crippen MR) is 284 cm³/mol. The first-order chi connectivity index (χ1) is 35.5. The number of fused-ring (bicyclic) bond motifs is 6. The van der Waals surface area contributed by atoms with Crippen LogP contribution in [0.5, 0.6) is 0 Å². The summed E-state index contributed by atoms with van der Waals surface area (Å²) in [5.41, 5.74) is 15.6. The van der Waals surface area contributed by atoms with Crippen molar-refractivity contribution < 1.29 is 0 Å². The largest absolute Gasteiger partial charge is 0.307 e. The van der Waals surface area contributed by atoms with Crippen LogP contribution in [-0.4, -0.2) is 14.1 Å².